The number of nitrogens with two attached hydrogens (primary N) is 1. The van der Waals surface area contributed by atoms with Crippen LogP contribution in [0.4, 0.5) is 0 Å². The Morgan fingerprint density at radius 3 is 1.67 bits per heavy atom. The second-order valence-corrected chi connectivity index (χ2v) is 5.74. The Morgan fingerprint density at radius 2 is 1.67 bits per heavy atom. The number of hydrogen-bond donors (Lipinski definition) is 1. The van der Waals surface area contributed by atoms with E-state index in [1.54, 1.807) is 0 Å². The third kappa shape index (κ3) is 4.31. The standard InChI is InChI=1S/C4H13NS/c1-4-6(2,3)5/h4-5H2,1-3H3. The monoisotopic (exact) mass is 107 g/mol. The Hall–Kier alpha value is 0.310. The molecule has 0 amide bonds. The summed E-state index contributed by atoms with van der Waals surface area (Å²) in [6.45, 7) is 2.12. The second kappa shape index (κ2) is 1.85. The molecule has 0 atom stereocenters. The average Bonchev–Trinajstić information content (AvgIpc) is 1.35. The van der Waals surface area contributed by atoms with Gasteiger partial charge in [0, 0.05) is 0 Å². The molecule has 2 heteroatoms. The van der Waals surface area contributed by atoms with E-state index in [0.717, 1.165) is 5.75 Å². The first-order valence-corrected chi connectivity index (χ1v) is 4.73. The highest BCUT2D eigenvalue weighted by molar-refractivity contribution is 8.30. The van der Waals surface area contributed by atoms with Crippen LogP contribution >= 0.6 is 10.2 Å². The topological polar surface area (TPSA) is 26.0 Å². The molecule has 0 aliphatic rings. The minimum Gasteiger partial charge on any atom is -0.295 e. The van der Waals surface area contributed by atoms with Gasteiger partial charge in [0.1, 0.15) is 0 Å². The minimum absolute atomic E-state index is 0.662. The van der Waals surface area contributed by atoms with E-state index < -0.39 is 10.2 Å². The van der Waals surface area contributed by atoms with Crippen LogP contribution in [0.3, 0.4) is 0 Å². The quantitative estimate of drug-likeness (QED) is 0.530. The largest absolute Gasteiger partial charge is 0.295 e. The molecule has 0 bridgehead atoms. The molecule has 0 heterocycles. The summed E-state index contributed by atoms with van der Waals surface area (Å²) in [6, 6.07) is 0. The van der Waals surface area contributed by atoms with Crippen LogP contribution in [0.25, 0.3) is 0 Å². The van der Waals surface area contributed by atoms with Gasteiger partial charge in [0.05, 0.1) is 0 Å². The van der Waals surface area contributed by atoms with Crippen molar-refractivity contribution in [3.63, 3.8) is 0 Å². The molecule has 0 aromatic rings. The predicted octanol–water partition coefficient (Wildman–Crippen LogP) is 0.944. The third-order valence-electron chi connectivity index (χ3n) is 0.744. The van der Waals surface area contributed by atoms with E-state index in [0.29, 0.717) is 0 Å². The smallest absolute Gasteiger partial charge is 0.0146 e. The SMILES string of the molecule is CCS(C)(C)N. The van der Waals surface area contributed by atoms with Gasteiger partial charge in [0.2, 0.25) is 0 Å². The summed E-state index contributed by atoms with van der Waals surface area (Å²) < 4.78 is 0. The van der Waals surface area contributed by atoms with Gasteiger partial charge in [-0.15, -0.1) is 0 Å². The molecule has 0 saturated carbocycles. The molecule has 0 fully saturated rings. The van der Waals surface area contributed by atoms with Crippen molar-refractivity contribution in [3.05, 3.63) is 0 Å². The first kappa shape index (κ1) is 6.31. The van der Waals surface area contributed by atoms with Crippen LogP contribution < -0.4 is 5.14 Å². The Labute approximate surface area is 41.4 Å². The lowest BCUT2D eigenvalue weighted by Crippen LogP contribution is -2.07. The van der Waals surface area contributed by atoms with Gasteiger partial charge in [-0.1, -0.05) is 6.92 Å². The summed E-state index contributed by atoms with van der Waals surface area (Å²) in [5.74, 6) is 1.13. The van der Waals surface area contributed by atoms with Gasteiger partial charge >= 0.3 is 0 Å². The van der Waals surface area contributed by atoms with Gasteiger partial charge in [0.25, 0.3) is 0 Å². The second-order valence-electron chi connectivity index (χ2n) is 1.91. The van der Waals surface area contributed by atoms with E-state index in [9.17, 15) is 0 Å². The van der Waals surface area contributed by atoms with Crippen molar-refractivity contribution in [1.82, 2.24) is 0 Å². The van der Waals surface area contributed by atoms with Gasteiger partial charge in [-0.25, -0.2) is 0 Å². The van der Waals surface area contributed by atoms with E-state index in [1.165, 1.54) is 0 Å². The van der Waals surface area contributed by atoms with Gasteiger partial charge < -0.3 is 0 Å². The summed E-state index contributed by atoms with van der Waals surface area (Å²) >= 11 is 0. The molecule has 0 spiro atoms. The van der Waals surface area contributed by atoms with Gasteiger partial charge in [0.15, 0.2) is 0 Å². The Morgan fingerprint density at radius 1 is 1.50 bits per heavy atom. The highest BCUT2D eigenvalue weighted by Crippen LogP contribution is 2.27. The van der Waals surface area contributed by atoms with E-state index >= 15 is 0 Å². The lowest BCUT2D eigenvalue weighted by molar-refractivity contribution is 1.48. The Balaban J connectivity index is 3.17. The molecule has 40 valence electrons. The maximum absolute atomic E-state index is 5.62. The molecule has 0 saturated heterocycles. The van der Waals surface area contributed by atoms with E-state index in [-0.39, 0.29) is 0 Å². The summed E-state index contributed by atoms with van der Waals surface area (Å²) in [4.78, 5) is 0. The molecular formula is C4H13NS. The van der Waals surface area contributed by atoms with Gasteiger partial charge in [-0.3, -0.25) is 5.14 Å². The van der Waals surface area contributed by atoms with Crippen molar-refractivity contribution >= 4 is 10.2 Å². The van der Waals surface area contributed by atoms with Crippen molar-refractivity contribution in [2.24, 2.45) is 5.14 Å². The lowest BCUT2D eigenvalue weighted by atomic mass is 11.0. The summed E-state index contributed by atoms with van der Waals surface area (Å²) in [7, 11) is -0.662. The zero-order valence-corrected chi connectivity index (χ0v) is 5.51. The van der Waals surface area contributed by atoms with Crippen LogP contribution in [0.1, 0.15) is 6.92 Å². The highest BCUT2D eigenvalue weighted by atomic mass is 32.3. The fourth-order valence-electron chi connectivity index (χ4n) is 0. The minimum atomic E-state index is -0.662. The zero-order valence-electron chi connectivity index (χ0n) is 4.69. The van der Waals surface area contributed by atoms with Crippen LogP contribution in [-0.2, 0) is 0 Å². The fraction of sp³-hybridized carbons (Fsp3) is 1.00. The molecule has 2 N–H and O–H groups in total. The maximum atomic E-state index is 5.62. The molecule has 0 radical (unpaired) electrons. The van der Waals surface area contributed by atoms with Crippen molar-refractivity contribution < 1.29 is 0 Å². The van der Waals surface area contributed by atoms with Crippen LogP contribution in [0.2, 0.25) is 0 Å². The molecule has 0 aromatic heterocycles. The lowest BCUT2D eigenvalue weighted by Gasteiger charge is -2.21. The normalized spacial score (nSPS) is 14.7. The summed E-state index contributed by atoms with van der Waals surface area (Å²) in [5, 5.41) is 5.62. The van der Waals surface area contributed by atoms with Crippen molar-refractivity contribution in [1.29, 1.82) is 0 Å². The molecular weight excluding hydrogens is 94.1 g/mol. The molecule has 6 heavy (non-hydrogen) atoms. The van der Waals surface area contributed by atoms with Crippen LogP contribution in [-0.4, -0.2) is 18.3 Å². The summed E-state index contributed by atoms with van der Waals surface area (Å²) in [5.41, 5.74) is 0. The van der Waals surface area contributed by atoms with E-state index in [1.807, 2.05) is 0 Å². The molecule has 0 unspecified atom stereocenters. The highest BCUT2D eigenvalue weighted by Gasteiger charge is 1.95. The Kier molecular flexibility index (Phi) is 1.94. The summed E-state index contributed by atoms with van der Waals surface area (Å²) in [6.07, 6.45) is 4.21. The van der Waals surface area contributed by atoms with E-state index in [4.69, 9.17) is 5.14 Å². The molecule has 0 aliphatic heterocycles. The fourth-order valence-corrected chi connectivity index (χ4v) is 0. The molecule has 0 rings (SSSR count). The number of hydrogen-bond acceptors (Lipinski definition) is 1. The van der Waals surface area contributed by atoms with Crippen LogP contribution in [0.15, 0.2) is 0 Å². The first-order valence-electron chi connectivity index (χ1n) is 2.05. The molecule has 1 nitrogen and oxygen atoms in total. The van der Waals surface area contributed by atoms with Crippen LogP contribution in [0, 0.1) is 0 Å². The molecule has 0 aliphatic carbocycles. The van der Waals surface area contributed by atoms with Crippen molar-refractivity contribution in [3.8, 4) is 0 Å². The zero-order chi connectivity index (χ0) is 5.21. The van der Waals surface area contributed by atoms with Crippen molar-refractivity contribution in [2.45, 2.75) is 6.92 Å². The number of rotatable bonds is 1. The van der Waals surface area contributed by atoms with Gasteiger partial charge in [-0.2, -0.15) is 10.2 Å². The maximum Gasteiger partial charge on any atom is -0.0146 e. The Bertz CT molecular complexity index is 37.3. The predicted molar refractivity (Wildman–Crippen MR) is 34.2 cm³/mol. The van der Waals surface area contributed by atoms with Crippen LogP contribution in [0.5, 0.6) is 0 Å². The van der Waals surface area contributed by atoms with E-state index in [2.05, 4.69) is 19.4 Å². The van der Waals surface area contributed by atoms with Gasteiger partial charge in [-0.05, 0) is 18.3 Å². The first-order chi connectivity index (χ1) is 2.56. The third-order valence-corrected chi connectivity index (χ3v) is 2.23. The van der Waals surface area contributed by atoms with Crippen molar-refractivity contribution in [2.75, 3.05) is 18.3 Å². The molecule has 0 aromatic carbocycles. The average molecular weight is 107 g/mol.